The van der Waals surface area contributed by atoms with Crippen molar-refractivity contribution in [2.45, 2.75) is 176 Å². The number of thioether (sulfide) groups is 1. The highest BCUT2D eigenvalue weighted by Gasteiger charge is 2.49. The Morgan fingerprint density at radius 1 is 0.805 bits per heavy atom. The molecule has 11 rings (SSSR count). The summed E-state index contributed by atoms with van der Waals surface area (Å²) in [6, 6.07) is 31.4. The van der Waals surface area contributed by atoms with Crippen molar-refractivity contribution in [3.8, 4) is 10.4 Å². The molecule has 7 atom stereocenters. The number of β-amino-alcohol motifs (C(OH)–C–C–N with tert-alkyl or cyclic N) is 1. The van der Waals surface area contributed by atoms with E-state index in [2.05, 4.69) is 59.6 Å². The van der Waals surface area contributed by atoms with Crippen LogP contribution in [-0.4, -0.2) is 221 Å². The number of aliphatic hydroxyl groups excluding tert-OH is 1. The number of nitrogens with one attached hydrogen (secondary N) is 4. The number of unbranched alkanes of at least 4 members (excludes halogenated alkanes) is 3. The number of carbonyl (C=O) groups is 5. The molecule has 5 N–H and O–H groups in total. The van der Waals surface area contributed by atoms with E-state index in [-0.39, 0.29) is 60.2 Å². The predicted octanol–water partition coefficient (Wildman–Crippen LogP) is 12.5. The van der Waals surface area contributed by atoms with Crippen molar-refractivity contribution in [1.29, 1.82) is 0 Å². The van der Waals surface area contributed by atoms with Gasteiger partial charge in [0.05, 0.1) is 52.0 Å². The molecule has 5 aromatic carbocycles. The predicted molar refractivity (Wildman–Crippen MR) is 438 cm³/mol. The van der Waals surface area contributed by atoms with Gasteiger partial charge in [-0.3, -0.25) is 38.7 Å². The number of rotatable bonds is 31. The van der Waals surface area contributed by atoms with Crippen LogP contribution in [0.2, 0.25) is 5.02 Å². The van der Waals surface area contributed by atoms with Gasteiger partial charge in [0.15, 0.2) is 0 Å². The van der Waals surface area contributed by atoms with Crippen molar-refractivity contribution in [1.82, 2.24) is 44.8 Å². The molecular weight excluding hydrogens is 1550 g/mol. The van der Waals surface area contributed by atoms with Crippen molar-refractivity contribution in [2.24, 2.45) is 10.8 Å². The average Bonchev–Trinajstić information content (AvgIpc) is 1.38. The molecule has 0 unspecified atom stereocenters. The van der Waals surface area contributed by atoms with E-state index in [1.807, 2.05) is 123 Å². The molecule has 0 radical (unpaired) electrons. The Labute approximate surface area is 676 Å². The summed E-state index contributed by atoms with van der Waals surface area (Å²) in [4.78, 5) is 85.8. The van der Waals surface area contributed by atoms with Gasteiger partial charge in [0, 0.05) is 143 Å². The standard InChI is InChI=1S/C83H107ClF3N11O11S4/c1-56-52-109-46-45-95(56)36-34-65(53-110-68-15-11-10-12-16-68)90-71-32-31-69(48-73(71)112(105,106)83(85,86)87)113(107,108)92-78(102)62-25-29-66(30-26-62)96-41-37-93(38-42-96)50-63-49-82(7,35-33-70(63)60-23-27-64(84)28-24-60)54-94-39-43-97(44-40-94)75(101)18-14-9-8-13-17-74(100)91-77(81(4,5)6)80(104)98-51-67(99)47-72(98)79(103)89-57(2)59-19-21-61(22-20-59)76-58(3)88-55-111-76/h10-12,15-16,19-32,48,55-57,65,67,72,77,90,99H,8-9,13-14,17-18,33-47,49-54H2,1-7H3,(H,89,103)(H,91,100)(H,92,102)/t56-,57+,65-,67-,72+,77-,82-/m1/s1. The van der Waals surface area contributed by atoms with Crippen LogP contribution in [0.1, 0.15) is 145 Å². The van der Waals surface area contributed by atoms with Gasteiger partial charge in [0.25, 0.3) is 25.8 Å². The lowest BCUT2D eigenvalue weighted by Crippen LogP contribution is -2.57. The van der Waals surface area contributed by atoms with Crippen LogP contribution in [0.3, 0.4) is 0 Å². The number of carbonyl (C=O) groups excluding carboxylic acids is 5. The van der Waals surface area contributed by atoms with Crippen LogP contribution in [0.25, 0.3) is 16.0 Å². The van der Waals surface area contributed by atoms with E-state index in [0.717, 1.165) is 121 Å². The van der Waals surface area contributed by atoms with Crippen LogP contribution in [0, 0.1) is 17.8 Å². The molecule has 0 spiro atoms. The fraction of sp³-hybridized carbons (Fsp3) is 0.518. The van der Waals surface area contributed by atoms with E-state index in [9.17, 15) is 59.1 Å². The number of allylic oxidation sites excluding steroid dienone is 1. The Morgan fingerprint density at radius 3 is 2.13 bits per heavy atom. The summed E-state index contributed by atoms with van der Waals surface area (Å²) in [5, 5.41) is 20.5. The zero-order valence-corrected chi connectivity index (χ0v) is 69.5. The normalized spacial score (nSPS) is 20.7. The Bertz CT molecular complexity index is 4540. The molecule has 22 nitrogen and oxygen atoms in total. The van der Waals surface area contributed by atoms with E-state index < -0.39 is 82.3 Å². The number of halogens is 4. The number of sulfonamides is 1. The third-order valence-corrected chi connectivity index (χ3v) is 27.6. The van der Waals surface area contributed by atoms with Crippen LogP contribution >= 0.6 is 34.7 Å². The van der Waals surface area contributed by atoms with Gasteiger partial charge in [-0.25, -0.2) is 26.5 Å². The number of morpholine rings is 1. The molecule has 1 aromatic heterocycles. The topological polar surface area (TPSA) is 264 Å². The second kappa shape index (κ2) is 38.1. The molecule has 30 heteroatoms. The minimum Gasteiger partial charge on any atom is -0.391 e. The zero-order chi connectivity index (χ0) is 81.0. The number of ether oxygens (including phenoxy) is 1. The van der Waals surface area contributed by atoms with Crippen molar-refractivity contribution in [3.05, 3.63) is 160 Å². The number of hydrogen-bond acceptors (Lipinski definition) is 19. The van der Waals surface area contributed by atoms with E-state index >= 15 is 0 Å². The van der Waals surface area contributed by atoms with E-state index in [1.165, 1.54) is 39.9 Å². The van der Waals surface area contributed by atoms with Gasteiger partial charge >= 0.3 is 5.51 Å². The first-order valence-corrected chi connectivity index (χ1v) is 44.3. The number of hydrogen-bond donors (Lipinski definition) is 5. The van der Waals surface area contributed by atoms with Gasteiger partial charge < -0.3 is 40.5 Å². The first kappa shape index (κ1) is 86.4. The molecule has 5 aliphatic rings. The molecule has 0 saturated carbocycles. The van der Waals surface area contributed by atoms with Crippen LogP contribution < -0.4 is 25.6 Å². The highest BCUT2D eigenvalue weighted by molar-refractivity contribution is 7.99. The average molecular weight is 1660 g/mol. The van der Waals surface area contributed by atoms with Crippen LogP contribution in [0.4, 0.5) is 24.5 Å². The number of nitrogens with zero attached hydrogens (tertiary/aromatic N) is 7. The Hall–Kier alpha value is -7.45. The van der Waals surface area contributed by atoms with Gasteiger partial charge in [-0.15, -0.1) is 23.1 Å². The van der Waals surface area contributed by atoms with Crippen molar-refractivity contribution in [2.75, 3.05) is 114 Å². The minimum absolute atomic E-state index is 0.0211. The van der Waals surface area contributed by atoms with Crippen molar-refractivity contribution in [3.63, 3.8) is 0 Å². The maximum Gasteiger partial charge on any atom is 0.501 e. The van der Waals surface area contributed by atoms with E-state index in [4.69, 9.17) is 16.3 Å². The third-order valence-electron chi connectivity index (χ3n) is 22.4. The highest BCUT2D eigenvalue weighted by atomic mass is 35.5. The number of piperazine rings is 2. The monoisotopic (exact) mass is 1650 g/mol. The molecule has 4 aliphatic heterocycles. The number of likely N-dealkylation sites (tertiary alicyclic amines) is 1. The molecule has 4 saturated heterocycles. The maximum absolute atomic E-state index is 14.4. The van der Waals surface area contributed by atoms with Gasteiger partial charge in [-0.05, 0) is 159 Å². The quantitative estimate of drug-likeness (QED) is 0.0200. The molecule has 0 bridgehead atoms. The second-order valence-corrected chi connectivity index (χ2v) is 38.1. The molecule has 6 aromatic rings. The number of alkyl halides is 3. The summed E-state index contributed by atoms with van der Waals surface area (Å²) >= 11 is 9.41. The number of amides is 5. The molecule has 4 fully saturated rings. The fourth-order valence-electron chi connectivity index (χ4n) is 15.8. The van der Waals surface area contributed by atoms with Crippen molar-refractivity contribution < 1.29 is 63.8 Å². The van der Waals surface area contributed by atoms with Crippen LogP contribution in [0.15, 0.2) is 147 Å². The number of aryl methyl sites for hydroxylation is 1. The number of aromatic nitrogens is 1. The van der Waals surface area contributed by atoms with Gasteiger partial charge in [-0.1, -0.05) is 112 Å². The van der Waals surface area contributed by atoms with E-state index in [1.54, 1.807) is 23.5 Å². The number of thiazole rings is 1. The first-order valence-electron chi connectivity index (χ1n) is 39.1. The number of anilines is 2. The summed E-state index contributed by atoms with van der Waals surface area (Å²) in [6.45, 7) is 23.2. The molecular formula is C83H107ClF3N11O11S4. The lowest BCUT2D eigenvalue weighted by Gasteiger charge is -2.44. The summed E-state index contributed by atoms with van der Waals surface area (Å²) in [5.74, 6) is -1.65. The van der Waals surface area contributed by atoms with Crippen molar-refractivity contribution >= 4 is 101 Å². The summed E-state index contributed by atoms with van der Waals surface area (Å²) in [6.07, 6.45) is 5.76. The fourth-order valence-corrected chi connectivity index (χ4v) is 19.7. The summed E-state index contributed by atoms with van der Waals surface area (Å²) < 4.78 is 105. The van der Waals surface area contributed by atoms with Gasteiger partial charge in [0.2, 0.25) is 23.6 Å². The molecule has 5 heterocycles. The number of benzene rings is 5. The number of aliphatic hydroxyl groups is 1. The van der Waals surface area contributed by atoms with Crippen LogP contribution in [0.5, 0.6) is 0 Å². The SMILES string of the molecule is Cc1ncsc1-c1ccc([C@H](C)NC(=O)[C@@H]2C[C@@H](O)CN2C(=O)[C@@H](NC(=O)CCCCCCC(=O)N2CCN(C[C@]3(C)CCC(c4ccc(Cl)cc4)=C(CN4CCN(c5ccc(C(=O)NS(=O)(=O)c6ccc(N[C@H](CCN7CCOC[C@H]7C)CSc7ccccc7)c(S(=O)(=O)C(F)(F)F)c6)cc5)CC4)C3)CC2)C(C)(C)C)cc1. The second-order valence-electron chi connectivity index (χ2n) is 32.1. The molecule has 5 amide bonds. The Kier molecular flexibility index (Phi) is 29.1. The maximum atomic E-state index is 14.4. The summed E-state index contributed by atoms with van der Waals surface area (Å²) in [5.41, 5.74) is 2.36. The van der Waals surface area contributed by atoms with Gasteiger partial charge in [-0.2, -0.15) is 13.2 Å². The highest BCUT2D eigenvalue weighted by Crippen LogP contribution is 2.45. The van der Waals surface area contributed by atoms with E-state index in [0.29, 0.717) is 95.0 Å². The Balaban J connectivity index is 0.622. The lowest BCUT2D eigenvalue weighted by atomic mass is 9.71. The lowest BCUT2D eigenvalue weighted by molar-refractivity contribution is -0.144. The largest absolute Gasteiger partial charge is 0.501 e. The number of sulfone groups is 1. The zero-order valence-electron chi connectivity index (χ0n) is 65.5. The minimum atomic E-state index is -6.12. The first-order chi connectivity index (χ1) is 53.7. The van der Waals surface area contributed by atoms with Crippen LogP contribution in [-0.2, 0) is 43.8 Å². The Morgan fingerprint density at radius 2 is 1.48 bits per heavy atom. The van der Waals surface area contributed by atoms with Gasteiger partial charge in [0.1, 0.15) is 17.0 Å². The summed E-state index contributed by atoms with van der Waals surface area (Å²) in [7, 11) is -11.0. The third kappa shape index (κ3) is 22.8. The smallest absolute Gasteiger partial charge is 0.391 e. The molecule has 612 valence electrons. The molecule has 1 aliphatic carbocycles. The molecule has 113 heavy (non-hydrogen) atoms.